The summed E-state index contributed by atoms with van der Waals surface area (Å²) in [6.07, 6.45) is 2.19. The van der Waals surface area contributed by atoms with Crippen molar-refractivity contribution >= 4 is 44.2 Å². The van der Waals surface area contributed by atoms with Crippen LogP contribution in [0.25, 0.3) is 0 Å². The molecule has 0 saturated carbocycles. The van der Waals surface area contributed by atoms with E-state index < -0.39 is 21.8 Å². The topological polar surface area (TPSA) is 92.3 Å². The first-order chi connectivity index (χ1) is 13.4. The number of sulfonamides is 1. The van der Waals surface area contributed by atoms with Crippen molar-refractivity contribution in [2.45, 2.75) is 35.4 Å². The highest BCUT2D eigenvalue weighted by Crippen LogP contribution is 2.28. The number of hydrogen-bond acceptors (Lipinski definition) is 7. The maximum absolute atomic E-state index is 13.1. The van der Waals surface area contributed by atoms with Crippen molar-refractivity contribution in [1.29, 1.82) is 0 Å². The number of piperidine rings is 1. The van der Waals surface area contributed by atoms with Gasteiger partial charge in [0.2, 0.25) is 21.1 Å². The Hall–Kier alpha value is -1.56. The molecule has 1 saturated heterocycles. The summed E-state index contributed by atoms with van der Waals surface area (Å²) in [4.78, 5) is 12.6. The molecule has 1 atom stereocenters. The third-order valence-corrected chi connectivity index (χ3v) is 8.33. The van der Waals surface area contributed by atoms with Crippen molar-refractivity contribution in [3.8, 4) is 0 Å². The quantitative estimate of drug-likeness (QED) is 0.521. The monoisotopic (exact) mass is 444 g/mol. The van der Waals surface area contributed by atoms with E-state index in [1.54, 1.807) is 11.8 Å². The average Bonchev–Trinajstić information content (AvgIpc) is 3.14. The van der Waals surface area contributed by atoms with Crippen LogP contribution in [0.1, 0.15) is 26.2 Å². The molecule has 1 aromatic heterocycles. The zero-order valence-electron chi connectivity index (χ0n) is 15.3. The van der Waals surface area contributed by atoms with Gasteiger partial charge in [-0.05, 0) is 43.5 Å². The van der Waals surface area contributed by atoms with Gasteiger partial charge in [-0.15, -0.1) is 10.2 Å². The van der Waals surface area contributed by atoms with E-state index in [4.69, 9.17) is 0 Å². The molecule has 1 unspecified atom stereocenters. The second-order valence-electron chi connectivity index (χ2n) is 6.37. The molecule has 1 aromatic carbocycles. The summed E-state index contributed by atoms with van der Waals surface area (Å²) in [5.74, 6) is -0.299. The van der Waals surface area contributed by atoms with Crippen molar-refractivity contribution in [2.24, 2.45) is 5.92 Å². The van der Waals surface area contributed by atoms with Crippen LogP contribution in [0.4, 0.5) is 9.52 Å². The molecule has 0 radical (unpaired) electrons. The molecule has 152 valence electrons. The molecule has 11 heteroatoms. The van der Waals surface area contributed by atoms with Crippen molar-refractivity contribution in [3.05, 3.63) is 30.1 Å². The lowest BCUT2D eigenvalue weighted by Gasteiger charge is -2.31. The third kappa shape index (κ3) is 5.07. The molecular weight excluding hydrogens is 423 g/mol. The first-order valence-electron chi connectivity index (χ1n) is 8.93. The Morgan fingerprint density at radius 3 is 2.82 bits per heavy atom. The average molecular weight is 445 g/mol. The smallest absolute Gasteiger partial charge is 0.243 e. The van der Waals surface area contributed by atoms with Crippen molar-refractivity contribution < 1.29 is 17.6 Å². The van der Waals surface area contributed by atoms with Crippen LogP contribution in [0.5, 0.6) is 0 Å². The summed E-state index contributed by atoms with van der Waals surface area (Å²) >= 11 is 2.90. The second-order valence-corrected chi connectivity index (χ2v) is 10.6. The van der Waals surface area contributed by atoms with Gasteiger partial charge in [0.1, 0.15) is 5.82 Å². The maximum Gasteiger partial charge on any atom is 0.243 e. The first kappa shape index (κ1) is 21.2. The van der Waals surface area contributed by atoms with Gasteiger partial charge in [0.15, 0.2) is 4.34 Å². The van der Waals surface area contributed by atoms with Gasteiger partial charge in [0, 0.05) is 18.8 Å². The number of thioether (sulfide) groups is 1. The number of hydrogen-bond donors (Lipinski definition) is 1. The Labute approximate surface area is 171 Å². The number of nitrogens with zero attached hydrogens (tertiary/aromatic N) is 3. The minimum atomic E-state index is -3.77. The minimum Gasteiger partial charge on any atom is -0.300 e. The predicted octanol–water partition coefficient (Wildman–Crippen LogP) is 3.22. The molecule has 1 aliphatic rings. The lowest BCUT2D eigenvalue weighted by molar-refractivity contribution is -0.120. The van der Waals surface area contributed by atoms with Gasteiger partial charge in [-0.25, -0.2) is 12.8 Å². The number of carbonyl (C=O) groups excluding carboxylic acids is 1. The highest BCUT2D eigenvalue weighted by atomic mass is 32.2. The van der Waals surface area contributed by atoms with Gasteiger partial charge in [0.25, 0.3) is 0 Å². The number of anilines is 1. The summed E-state index contributed by atoms with van der Waals surface area (Å²) in [7, 11) is -3.77. The molecule has 0 spiro atoms. The Morgan fingerprint density at radius 1 is 1.36 bits per heavy atom. The molecule has 3 rings (SSSR count). The Kier molecular flexibility index (Phi) is 7.02. The zero-order valence-corrected chi connectivity index (χ0v) is 17.7. The standard InChI is InChI=1S/C17H21FN4O3S3/c1-2-10-26-17-21-20-16(27-17)19-15(23)12-4-3-9-22(11-12)28(24,25)14-7-5-13(18)6-8-14/h5-8,12H,2-4,9-11H2,1H3,(H,19,20,23). The van der Waals surface area contributed by atoms with E-state index in [0.29, 0.717) is 24.5 Å². The number of rotatable bonds is 7. The van der Waals surface area contributed by atoms with E-state index >= 15 is 0 Å². The number of amides is 1. The minimum absolute atomic E-state index is 0.0247. The summed E-state index contributed by atoms with van der Waals surface area (Å²) in [5, 5.41) is 11.2. The van der Waals surface area contributed by atoms with E-state index in [1.807, 2.05) is 0 Å². The fourth-order valence-electron chi connectivity index (χ4n) is 2.85. The molecule has 0 aliphatic carbocycles. The Balaban J connectivity index is 1.64. The number of halogens is 1. The van der Waals surface area contributed by atoms with E-state index in [0.717, 1.165) is 28.6 Å². The van der Waals surface area contributed by atoms with Crippen LogP contribution in [0, 0.1) is 11.7 Å². The van der Waals surface area contributed by atoms with E-state index in [-0.39, 0.29) is 17.3 Å². The summed E-state index contributed by atoms with van der Waals surface area (Å²) in [6, 6.07) is 4.71. The fraction of sp³-hybridized carbons (Fsp3) is 0.471. The van der Waals surface area contributed by atoms with Gasteiger partial charge < -0.3 is 5.32 Å². The van der Waals surface area contributed by atoms with Gasteiger partial charge in [-0.3, -0.25) is 4.79 Å². The summed E-state index contributed by atoms with van der Waals surface area (Å²) < 4.78 is 40.7. The predicted molar refractivity (Wildman–Crippen MR) is 107 cm³/mol. The molecule has 28 heavy (non-hydrogen) atoms. The van der Waals surface area contributed by atoms with Crippen LogP contribution in [0.2, 0.25) is 0 Å². The van der Waals surface area contributed by atoms with Crippen LogP contribution < -0.4 is 5.32 Å². The van der Waals surface area contributed by atoms with Crippen LogP contribution in [0.3, 0.4) is 0 Å². The zero-order chi connectivity index (χ0) is 20.1. The van der Waals surface area contributed by atoms with Crippen molar-refractivity contribution in [2.75, 3.05) is 24.2 Å². The number of benzene rings is 1. The molecule has 1 amide bonds. The third-order valence-electron chi connectivity index (χ3n) is 4.27. The van der Waals surface area contributed by atoms with E-state index in [9.17, 15) is 17.6 Å². The molecule has 2 aromatic rings. The normalized spacial score (nSPS) is 18.1. The molecule has 1 aliphatic heterocycles. The highest BCUT2D eigenvalue weighted by Gasteiger charge is 2.33. The van der Waals surface area contributed by atoms with Crippen molar-refractivity contribution in [1.82, 2.24) is 14.5 Å². The molecular formula is C17H21FN4O3S3. The Bertz CT molecular complexity index is 918. The number of aromatic nitrogens is 2. The highest BCUT2D eigenvalue weighted by molar-refractivity contribution is 8.01. The van der Waals surface area contributed by atoms with Crippen LogP contribution >= 0.6 is 23.1 Å². The van der Waals surface area contributed by atoms with Gasteiger partial charge in [-0.2, -0.15) is 4.31 Å². The van der Waals surface area contributed by atoms with Gasteiger partial charge >= 0.3 is 0 Å². The van der Waals surface area contributed by atoms with Crippen molar-refractivity contribution in [3.63, 3.8) is 0 Å². The first-order valence-corrected chi connectivity index (χ1v) is 12.2. The largest absolute Gasteiger partial charge is 0.300 e. The van der Waals surface area contributed by atoms with Crippen LogP contribution in [-0.2, 0) is 14.8 Å². The summed E-state index contributed by atoms with van der Waals surface area (Å²) in [5.41, 5.74) is 0. The molecule has 1 N–H and O–H groups in total. The lowest BCUT2D eigenvalue weighted by atomic mass is 9.99. The molecule has 7 nitrogen and oxygen atoms in total. The maximum atomic E-state index is 13.1. The second kappa shape index (κ2) is 9.29. The number of nitrogens with one attached hydrogen (secondary N) is 1. The summed E-state index contributed by atoms with van der Waals surface area (Å²) in [6.45, 7) is 2.49. The Morgan fingerprint density at radius 2 is 2.11 bits per heavy atom. The number of carbonyl (C=O) groups is 1. The fourth-order valence-corrected chi connectivity index (χ4v) is 6.05. The van der Waals surface area contributed by atoms with Gasteiger partial charge in [0.05, 0.1) is 10.8 Å². The van der Waals surface area contributed by atoms with Crippen LogP contribution in [-0.4, -0.2) is 47.7 Å². The SMILES string of the molecule is CCCSc1nnc(NC(=O)C2CCCN(S(=O)(=O)c3ccc(F)cc3)C2)s1. The van der Waals surface area contributed by atoms with E-state index in [2.05, 4.69) is 22.4 Å². The van der Waals surface area contributed by atoms with E-state index in [1.165, 1.54) is 27.8 Å². The lowest BCUT2D eigenvalue weighted by Crippen LogP contribution is -2.43. The molecule has 1 fully saturated rings. The van der Waals surface area contributed by atoms with Gasteiger partial charge in [-0.1, -0.05) is 30.0 Å². The van der Waals surface area contributed by atoms with Crippen LogP contribution in [0.15, 0.2) is 33.5 Å². The molecule has 2 heterocycles. The molecule has 0 bridgehead atoms.